The van der Waals surface area contributed by atoms with E-state index in [0.29, 0.717) is 11.4 Å². The second kappa shape index (κ2) is 5.73. The maximum Gasteiger partial charge on any atom is 0.240 e. The van der Waals surface area contributed by atoms with E-state index in [-0.39, 0.29) is 10.6 Å². The van der Waals surface area contributed by atoms with E-state index in [0.717, 1.165) is 10.6 Å². The second-order valence-corrected chi connectivity index (χ2v) is 8.97. The summed E-state index contributed by atoms with van der Waals surface area (Å²) in [5, 5.41) is 3.94. The molecule has 0 aliphatic rings. The lowest BCUT2D eigenvalue weighted by Crippen LogP contribution is -2.29. The largest absolute Gasteiger partial charge is 0.257 e. The Bertz CT molecular complexity index is 886. The Morgan fingerprint density at radius 1 is 1.18 bits per heavy atom. The van der Waals surface area contributed by atoms with Crippen molar-refractivity contribution in [3.05, 3.63) is 42.1 Å². The topological polar surface area (TPSA) is 89.3 Å². The Morgan fingerprint density at radius 2 is 1.86 bits per heavy atom. The smallest absolute Gasteiger partial charge is 0.240 e. The van der Waals surface area contributed by atoms with Gasteiger partial charge in [0.1, 0.15) is 5.82 Å². The normalized spacial score (nSPS) is 12.3. The molecule has 1 aromatic carbocycles. The Kier molecular flexibility index (Phi) is 4.30. The van der Waals surface area contributed by atoms with Gasteiger partial charge in [-0.15, -0.1) is 0 Å². The average Bonchev–Trinajstić information content (AvgIpc) is 2.82. The van der Waals surface area contributed by atoms with Gasteiger partial charge in [-0.05, 0) is 17.7 Å². The SMILES string of the molecule is CN(c1ccnn1C)S(=O)(=O)Cc1cccc(S(C)(=O)=O)c1. The van der Waals surface area contributed by atoms with Crippen LogP contribution in [0.25, 0.3) is 0 Å². The zero-order valence-corrected chi connectivity index (χ0v) is 14.1. The average molecular weight is 343 g/mol. The van der Waals surface area contributed by atoms with Crippen molar-refractivity contribution in [2.24, 2.45) is 7.05 Å². The van der Waals surface area contributed by atoms with E-state index < -0.39 is 19.9 Å². The van der Waals surface area contributed by atoms with Crippen molar-refractivity contribution in [1.29, 1.82) is 0 Å². The summed E-state index contributed by atoms with van der Waals surface area (Å²) < 4.78 is 50.6. The van der Waals surface area contributed by atoms with Crippen molar-refractivity contribution >= 4 is 25.7 Å². The Hall–Kier alpha value is -1.87. The molecule has 9 heteroatoms. The molecule has 1 aromatic heterocycles. The summed E-state index contributed by atoms with van der Waals surface area (Å²) in [6, 6.07) is 7.53. The Morgan fingerprint density at radius 3 is 2.41 bits per heavy atom. The number of aryl methyl sites for hydroxylation is 1. The summed E-state index contributed by atoms with van der Waals surface area (Å²) in [6.07, 6.45) is 2.59. The first kappa shape index (κ1) is 16.5. The van der Waals surface area contributed by atoms with Crippen LogP contribution >= 0.6 is 0 Å². The van der Waals surface area contributed by atoms with Crippen LogP contribution in [-0.2, 0) is 32.7 Å². The number of nitrogens with zero attached hydrogens (tertiary/aromatic N) is 3. The van der Waals surface area contributed by atoms with Gasteiger partial charge in [0.2, 0.25) is 10.0 Å². The van der Waals surface area contributed by atoms with Gasteiger partial charge in [0.15, 0.2) is 9.84 Å². The summed E-state index contributed by atoms with van der Waals surface area (Å²) >= 11 is 0. The molecule has 0 unspecified atom stereocenters. The van der Waals surface area contributed by atoms with Crippen molar-refractivity contribution in [3.8, 4) is 0 Å². The third kappa shape index (κ3) is 3.47. The molecule has 0 spiro atoms. The lowest BCUT2D eigenvalue weighted by molar-refractivity contribution is 0.590. The molecule has 120 valence electrons. The van der Waals surface area contributed by atoms with Crippen LogP contribution in [0.15, 0.2) is 41.4 Å². The molecule has 7 nitrogen and oxygen atoms in total. The number of sulfone groups is 1. The molecule has 22 heavy (non-hydrogen) atoms. The minimum atomic E-state index is -3.64. The molecule has 0 aliphatic carbocycles. The molecule has 2 aromatic rings. The molecule has 0 aliphatic heterocycles. The van der Waals surface area contributed by atoms with Gasteiger partial charge in [-0.2, -0.15) is 5.10 Å². The lowest BCUT2D eigenvalue weighted by Gasteiger charge is -2.19. The van der Waals surface area contributed by atoms with E-state index in [1.165, 1.54) is 36.1 Å². The van der Waals surface area contributed by atoms with E-state index in [4.69, 9.17) is 0 Å². The molecular formula is C13H17N3O4S2. The lowest BCUT2D eigenvalue weighted by atomic mass is 10.2. The fourth-order valence-electron chi connectivity index (χ4n) is 1.99. The number of anilines is 1. The predicted octanol–water partition coefficient (Wildman–Crippen LogP) is 0.790. The van der Waals surface area contributed by atoms with Crippen LogP contribution in [0, 0.1) is 0 Å². The number of hydrogen-bond acceptors (Lipinski definition) is 5. The van der Waals surface area contributed by atoms with Crippen LogP contribution in [0.5, 0.6) is 0 Å². The third-order valence-corrected chi connectivity index (χ3v) is 6.04. The summed E-state index contributed by atoms with van der Waals surface area (Å²) in [4.78, 5) is 0.100. The number of rotatable bonds is 5. The van der Waals surface area contributed by atoms with Crippen molar-refractivity contribution in [3.63, 3.8) is 0 Å². The standard InChI is InChI=1S/C13H17N3O4S2/c1-15-13(7-8-14-15)16(2)22(19,20)10-11-5-4-6-12(9-11)21(3,17)18/h4-9H,10H2,1-3H3. The van der Waals surface area contributed by atoms with E-state index in [9.17, 15) is 16.8 Å². The second-order valence-electron chi connectivity index (χ2n) is 4.96. The highest BCUT2D eigenvalue weighted by molar-refractivity contribution is 7.92. The Balaban J connectivity index is 2.32. The highest BCUT2D eigenvalue weighted by atomic mass is 32.2. The van der Waals surface area contributed by atoms with E-state index in [1.807, 2.05) is 0 Å². The first-order valence-corrected chi connectivity index (χ1v) is 9.85. The maximum absolute atomic E-state index is 12.4. The monoisotopic (exact) mass is 343 g/mol. The van der Waals surface area contributed by atoms with Crippen molar-refractivity contribution in [1.82, 2.24) is 9.78 Å². The zero-order chi connectivity index (χ0) is 16.5. The highest BCUT2D eigenvalue weighted by Crippen LogP contribution is 2.19. The Labute approximate surface area is 130 Å². The van der Waals surface area contributed by atoms with Crippen molar-refractivity contribution < 1.29 is 16.8 Å². The summed E-state index contributed by atoms with van der Waals surface area (Å²) in [7, 11) is -3.94. The fourth-order valence-corrected chi connectivity index (χ4v) is 3.94. The van der Waals surface area contributed by atoms with Crippen LogP contribution in [0.1, 0.15) is 5.56 Å². The quantitative estimate of drug-likeness (QED) is 0.801. The van der Waals surface area contributed by atoms with Gasteiger partial charge in [-0.3, -0.25) is 8.99 Å². The molecule has 0 fully saturated rings. The first-order valence-electron chi connectivity index (χ1n) is 6.35. The van der Waals surface area contributed by atoms with Gasteiger partial charge in [-0.1, -0.05) is 12.1 Å². The highest BCUT2D eigenvalue weighted by Gasteiger charge is 2.22. The minimum absolute atomic E-state index is 0.100. The number of sulfonamides is 1. The van der Waals surface area contributed by atoms with Gasteiger partial charge < -0.3 is 0 Å². The summed E-state index contributed by atoms with van der Waals surface area (Å²) in [6.45, 7) is 0. The van der Waals surface area contributed by atoms with Gasteiger partial charge >= 0.3 is 0 Å². The first-order chi connectivity index (χ1) is 10.1. The molecule has 2 rings (SSSR count). The van der Waals surface area contributed by atoms with Gasteiger partial charge in [0.05, 0.1) is 16.8 Å². The molecule has 0 radical (unpaired) electrons. The molecule has 0 saturated carbocycles. The molecule has 1 heterocycles. The van der Waals surface area contributed by atoms with Gasteiger partial charge in [-0.25, -0.2) is 16.8 Å². The van der Waals surface area contributed by atoms with Crippen molar-refractivity contribution in [2.75, 3.05) is 17.6 Å². The zero-order valence-electron chi connectivity index (χ0n) is 12.5. The fraction of sp³-hybridized carbons (Fsp3) is 0.308. The summed E-state index contributed by atoms with van der Waals surface area (Å²) in [5.41, 5.74) is 0.414. The van der Waals surface area contributed by atoms with E-state index in [2.05, 4.69) is 5.10 Å². The third-order valence-electron chi connectivity index (χ3n) is 3.21. The van der Waals surface area contributed by atoms with Crippen LogP contribution in [-0.4, -0.2) is 39.9 Å². The summed E-state index contributed by atoms with van der Waals surface area (Å²) in [5.74, 6) is 0.136. The van der Waals surface area contributed by atoms with Crippen LogP contribution < -0.4 is 4.31 Å². The van der Waals surface area contributed by atoms with Gasteiger partial charge in [0, 0.05) is 26.4 Å². The van der Waals surface area contributed by atoms with Crippen LogP contribution in [0.3, 0.4) is 0 Å². The van der Waals surface area contributed by atoms with Gasteiger partial charge in [0.25, 0.3) is 0 Å². The molecule has 0 bridgehead atoms. The minimum Gasteiger partial charge on any atom is -0.257 e. The van der Waals surface area contributed by atoms with E-state index in [1.54, 1.807) is 19.2 Å². The van der Waals surface area contributed by atoms with Crippen LogP contribution in [0.4, 0.5) is 5.82 Å². The molecule has 0 amide bonds. The van der Waals surface area contributed by atoms with Crippen molar-refractivity contribution in [2.45, 2.75) is 10.6 Å². The maximum atomic E-state index is 12.4. The predicted molar refractivity (Wildman–Crippen MR) is 83.8 cm³/mol. The molecule has 0 saturated heterocycles. The molecule has 0 N–H and O–H groups in total. The molecule has 0 atom stereocenters. The number of benzene rings is 1. The number of aromatic nitrogens is 2. The van der Waals surface area contributed by atoms with Crippen LogP contribution in [0.2, 0.25) is 0 Å². The number of hydrogen-bond donors (Lipinski definition) is 0. The molecular weight excluding hydrogens is 326 g/mol. The van der Waals surface area contributed by atoms with E-state index >= 15 is 0 Å².